The summed E-state index contributed by atoms with van der Waals surface area (Å²) in [4.78, 5) is 22.9. The maximum Gasteiger partial charge on any atom is 0.343 e. The molecular formula is C18H18O5. The van der Waals surface area contributed by atoms with Crippen LogP contribution < -0.4 is 14.2 Å². The van der Waals surface area contributed by atoms with Gasteiger partial charge in [0.05, 0.1) is 18.8 Å². The van der Waals surface area contributed by atoms with Crippen molar-refractivity contribution in [2.75, 3.05) is 7.11 Å². The van der Waals surface area contributed by atoms with Gasteiger partial charge in [0.25, 0.3) is 0 Å². The van der Waals surface area contributed by atoms with Crippen LogP contribution in [-0.2, 0) is 0 Å². The molecule has 0 saturated heterocycles. The third-order valence-electron chi connectivity index (χ3n) is 2.99. The highest BCUT2D eigenvalue weighted by molar-refractivity contribution is 5.91. The Bertz CT molecular complexity index is 689. The largest absolute Gasteiger partial charge is 0.493 e. The Morgan fingerprint density at radius 2 is 1.74 bits per heavy atom. The second-order valence-corrected chi connectivity index (χ2v) is 5.11. The molecule has 0 saturated carbocycles. The molecule has 5 heteroatoms. The fourth-order valence-corrected chi connectivity index (χ4v) is 1.94. The highest BCUT2D eigenvalue weighted by Gasteiger charge is 2.13. The molecule has 0 atom stereocenters. The molecule has 120 valence electrons. The zero-order chi connectivity index (χ0) is 16.8. The smallest absolute Gasteiger partial charge is 0.343 e. The van der Waals surface area contributed by atoms with Crippen molar-refractivity contribution in [1.29, 1.82) is 0 Å². The fourth-order valence-electron chi connectivity index (χ4n) is 1.94. The number of ether oxygens (including phenoxy) is 3. The van der Waals surface area contributed by atoms with E-state index in [9.17, 15) is 9.59 Å². The molecule has 0 heterocycles. The molecule has 0 unspecified atom stereocenters. The van der Waals surface area contributed by atoms with Gasteiger partial charge < -0.3 is 14.2 Å². The SMILES string of the molecule is COc1cc(C=O)ccc1OC(=O)c1ccc(OC(C)C)cc1. The van der Waals surface area contributed by atoms with Crippen molar-refractivity contribution in [3.8, 4) is 17.2 Å². The number of methoxy groups -OCH3 is 1. The van der Waals surface area contributed by atoms with Gasteiger partial charge in [-0.05, 0) is 56.3 Å². The molecule has 23 heavy (non-hydrogen) atoms. The van der Waals surface area contributed by atoms with E-state index in [0.717, 1.165) is 0 Å². The minimum atomic E-state index is -0.516. The van der Waals surface area contributed by atoms with E-state index < -0.39 is 5.97 Å². The molecule has 0 aromatic heterocycles. The van der Waals surface area contributed by atoms with Crippen molar-refractivity contribution < 1.29 is 23.8 Å². The van der Waals surface area contributed by atoms with E-state index in [4.69, 9.17) is 14.2 Å². The number of carbonyl (C=O) groups is 2. The zero-order valence-corrected chi connectivity index (χ0v) is 13.2. The Kier molecular flexibility index (Phi) is 5.36. The number of benzene rings is 2. The van der Waals surface area contributed by atoms with Crippen molar-refractivity contribution >= 4 is 12.3 Å². The average Bonchev–Trinajstić information content (AvgIpc) is 2.55. The van der Waals surface area contributed by atoms with Gasteiger partial charge in [0.15, 0.2) is 11.5 Å². The molecule has 0 radical (unpaired) electrons. The first kappa shape index (κ1) is 16.5. The molecule has 2 aromatic rings. The third-order valence-corrected chi connectivity index (χ3v) is 2.99. The molecule has 0 spiro atoms. The van der Waals surface area contributed by atoms with Gasteiger partial charge in [-0.1, -0.05) is 0 Å². The van der Waals surface area contributed by atoms with E-state index in [-0.39, 0.29) is 11.9 Å². The molecule has 0 aliphatic heterocycles. The van der Waals surface area contributed by atoms with Crippen molar-refractivity contribution in [3.63, 3.8) is 0 Å². The van der Waals surface area contributed by atoms with Crippen LogP contribution in [0.15, 0.2) is 42.5 Å². The van der Waals surface area contributed by atoms with Gasteiger partial charge in [-0.15, -0.1) is 0 Å². The van der Waals surface area contributed by atoms with E-state index in [0.29, 0.717) is 28.9 Å². The summed E-state index contributed by atoms with van der Waals surface area (Å²) in [6, 6.07) is 11.3. The summed E-state index contributed by atoms with van der Waals surface area (Å²) >= 11 is 0. The van der Waals surface area contributed by atoms with Crippen LogP contribution in [0.5, 0.6) is 17.2 Å². The molecular weight excluding hydrogens is 296 g/mol. The number of hydrogen-bond donors (Lipinski definition) is 0. The van der Waals surface area contributed by atoms with Crippen molar-refractivity contribution in [1.82, 2.24) is 0 Å². The van der Waals surface area contributed by atoms with Gasteiger partial charge >= 0.3 is 5.97 Å². The monoisotopic (exact) mass is 314 g/mol. The van der Waals surface area contributed by atoms with Crippen LogP contribution in [0.2, 0.25) is 0 Å². The fraction of sp³-hybridized carbons (Fsp3) is 0.222. The normalized spacial score (nSPS) is 10.3. The summed E-state index contributed by atoms with van der Waals surface area (Å²) in [7, 11) is 1.44. The van der Waals surface area contributed by atoms with Gasteiger partial charge in [-0.3, -0.25) is 4.79 Å². The predicted octanol–water partition coefficient (Wildman–Crippen LogP) is 3.51. The van der Waals surface area contributed by atoms with Gasteiger partial charge in [0.1, 0.15) is 12.0 Å². The van der Waals surface area contributed by atoms with E-state index in [1.54, 1.807) is 30.3 Å². The maximum absolute atomic E-state index is 12.2. The van der Waals surface area contributed by atoms with Crippen LogP contribution in [0.1, 0.15) is 34.6 Å². The summed E-state index contributed by atoms with van der Waals surface area (Å²) in [5.74, 6) is 0.746. The van der Waals surface area contributed by atoms with Crippen molar-refractivity contribution in [2.24, 2.45) is 0 Å². The second-order valence-electron chi connectivity index (χ2n) is 5.11. The number of carbonyl (C=O) groups excluding carboxylic acids is 2. The van der Waals surface area contributed by atoms with Crippen LogP contribution in [0.3, 0.4) is 0 Å². The number of rotatable bonds is 6. The molecule has 0 fully saturated rings. The van der Waals surface area contributed by atoms with E-state index in [1.165, 1.54) is 19.2 Å². The Labute approximate surface area is 134 Å². The summed E-state index contributed by atoms with van der Waals surface area (Å²) < 4.78 is 16.0. The van der Waals surface area contributed by atoms with Crippen molar-refractivity contribution in [3.05, 3.63) is 53.6 Å². The van der Waals surface area contributed by atoms with Crippen LogP contribution in [0.25, 0.3) is 0 Å². The molecule has 0 aliphatic rings. The highest BCUT2D eigenvalue weighted by Crippen LogP contribution is 2.28. The summed E-state index contributed by atoms with van der Waals surface area (Å²) in [6.45, 7) is 3.86. The minimum absolute atomic E-state index is 0.0633. The third kappa shape index (κ3) is 4.32. The summed E-state index contributed by atoms with van der Waals surface area (Å²) in [6.07, 6.45) is 0.759. The molecule has 2 rings (SSSR count). The van der Waals surface area contributed by atoms with Crippen molar-refractivity contribution in [2.45, 2.75) is 20.0 Å². The topological polar surface area (TPSA) is 61.8 Å². The number of hydrogen-bond acceptors (Lipinski definition) is 5. The van der Waals surface area contributed by atoms with E-state index >= 15 is 0 Å². The summed E-state index contributed by atoms with van der Waals surface area (Å²) in [5, 5.41) is 0. The lowest BCUT2D eigenvalue weighted by Gasteiger charge is -2.11. The first-order chi connectivity index (χ1) is 11.0. The van der Waals surface area contributed by atoms with Gasteiger partial charge in [0, 0.05) is 5.56 Å². The molecule has 2 aromatic carbocycles. The highest BCUT2D eigenvalue weighted by atomic mass is 16.6. The van der Waals surface area contributed by atoms with Crippen LogP contribution in [0, 0.1) is 0 Å². The standard InChI is InChI=1S/C18H18O5/c1-12(2)22-15-7-5-14(6-8-15)18(20)23-16-9-4-13(11-19)10-17(16)21-3/h4-12H,1-3H3. The zero-order valence-electron chi connectivity index (χ0n) is 13.2. The second kappa shape index (κ2) is 7.45. The Balaban J connectivity index is 2.14. The van der Waals surface area contributed by atoms with Gasteiger partial charge in [-0.25, -0.2) is 4.79 Å². The lowest BCUT2D eigenvalue weighted by molar-refractivity contribution is 0.0729. The lowest BCUT2D eigenvalue weighted by atomic mass is 10.2. The van der Waals surface area contributed by atoms with E-state index in [1.807, 2.05) is 13.8 Å². The van der Waals surface area contributed by atoms with Crippen LogP contribution >= 0.6 is 0 Å². The number of esters is 1. The first-order valence-electron chi connectivity index (χ1n) is 7.15. The van der Waals surface area contributed by atoms with E-state index in [2.05, 4.69) is 0 Å². The Morgan fingerprint density at radius 3 is 2.30 bits per heavy atom. The molecule has 0 amide bonds. The first-order valence-corrected chi connectivity index (χ1v) is 7.15. The van der Waals surface area contributed by atoms with Crippen LogP contribution in [-0.4, -0.2) is 25.5 Å². The summed E-state index contributed by atoms with van der Waals surface area (Å²) in [5.41, 5.74) is 0.833. The molecule has 0 N–H and O–H groups in total. The molecule has 5 nitrogen and oxygen atoms in total. The number of aldehydes is 1. The minimum Gasteiger partial charge on any atom is -0.493 e. The Hall–Kier alpha value is -2.82. The quantitative estimate of drug-likeness (QED) is 0.464. The molecule has 0 aliphatic carbocycles. The predicted molar refractivity (Wildman–Crippen MR) is 85.5 cm³/mol. The van der Waals surface area contributed by atoms with Gasteiger partial charge in [-0.2, -0.15) is 0 Å². The lowest BCUT2D eigenvalue weighted by Crippen LogP contribution is -2.10. The van der Waals surface area contributed by atoms with Crippen LogP contribution in [0.4, 0.5) is 0 Å². The maximum atomic E-state index is 12.2. The Morgan fingerprint density at radius 1 is 1.04 bits per heavy atom. The van der Waals surface area contributed by atoms with Gasteiger partial charge in [0.2, 0.25) is 0 Å². The average molecular weight is 314 g/mol. The molecule has 0 bridgehead atoms.